The monoisotopic (exact) mass is 1820 g/mol. The van der Waals surface area contributed by atoms with Crippen LogP contribution in [0.3, 0.4) is 0 Å². The van der Waals surface area contributed by atoms with Crippen LogP contribution in [0.5, 0.6) is 0 Å². The number of para-hydroxylation sites is 2. The van der Waals surface area contributed by atoms with Crippen LogP contribution >= 0.6 is 0 Å². The Bertz CT molecular complexity index is 8850. The molecule has 0 saturated carbocycles. The van der Waals surface area contributed by atoms with E-state index in [1.807, 2.05) is 150 Å². The Morgan fingerprint density at radius 1 is 0.250 bits per heavy atom. The van der Waals surface area contributed by atoms with Crippen LogP contribution in [-0.4, -0.2) is 15.8 Å². The third-order valence-electron chi connectivity index (χ3n) is 27.3. The first-order valence-electron chi connectivity index (χ1n) is 61.3. The van der Waals surface area contributed by atoms with Crippen molar-refractivity contribution in [2.45, 2.75) is 308 Å². The van der Waals surface area contributed by atoms with Crippen LogP contribution in [0.4, 0.5) is 34.1 Å². The fraction of sp³-hybridized carbons (Fsp3) is 0.359. The number of benzene rings is 14. The molecule has 14 aromatic carbocycles. The molecule has 0 saturated heterocycles. The summed E-state index contributed by atoms with van der Waals surface area (Å²) in [5.41, 5.74) is -4.74. The smallest absolute Gasteiger partial charge is 0.252 e. The number of nitrogens with zero attached hydrogens (tertiary/aromatic N) is 4. The van der Waals surface area contributed by atoms with E-state index in [4.69, 9.17) is 0 Å². The second-order valence-electron chi connectivity index (χ2n) is 49.8. The van der Waals surface area contributed by atoms with Gasteiger partial charge in [0.05, 0.1) is 74.8 Å². The van der Waals surface area contributed by atoms with E-state index >= 15 is 0 Å². The van der Waals surface area contributed by atoms with Crippen molar-refractivity contribution in [3.8, 4) is 67.0 Å². The SMILES string of the molecule is [2H]c1c([2H])c(C(C)(C)C)c(-c2c([2H])c(C(C)C)c([2H])c(-c3c([2H])c([2H])c(C(C)(C)C)c([2H])c3[2H])c2N2c3cc(-c4cc(C(C)(C)C)cc(C(C)(C)C)c4)ccc3B3c4ccc(-n5c6ccc(C(C)(C)C)cc6c6cc(C(C)(C)C)ccc65)cc4N(c4c(-c5c([2H])c([2H])c(C(C)(C)C)c([2H])c5[2H])c([2H])c(C(C)(C)C)c([2H])c4-c4c(C(C)(C)C)c([2H])c([2H])c([2H])c4C(C)(C)C)c4cc(-n5c6c([2H])c([2H])c([2H])c([2H])c6c6c([2H])c([2H])c([2H])c([2H])c65)cc2c43)c(C(C)(C)C)c1[2H]. The summed E-state index contributed by atoms with van der Waals surface area (Å²) in [4.78, 5) is 3.62. The molecule has 16 aromatic rings. The highest BCUT2D eigenvalue weighted by molar-refractivity contribution is 7.00. The number of anilines is 6. The average molecular weight is 1820 g/mol. The predicted molar refractivity (Wildman–Crippen MR) is 596 cm³/mol. The Balaban J connectivity index is 1.27. The highest BCUT2D eigenvalue weighted by Crippen LogP contribution is 2.60. The van der Waals surface area contributed by atoms with Crippen molar-refractivity contribution in [1.29, 1.82) is 0 Å². The van der Waals surface area contributed by atoms with Gasteiger partial charge in [0.15, 0.2) is 0 Å². The summed E-state index contributed by atoms with van der Waals surface area (Å²) in [5, 5.41) is 1.04. The average Bonchev–Trinajstić information content (AvgIpc) is 1.11. The summed E-state index contributed by atoms with van der Waals surface area (Å²) in [6, 6.07) is 20.0. The zero-order chi connectivity index (χ0) is 121. The molecule has 0 unspecified atom stereocenters. The zero-order valence-corrected chi connectivity index (χ0v) is 86.8. The first kappa shape index (κ1) is 67.6. The minimum Gasteiger partial charge on any atom is -0.310 e. The van der Waals surface area contributed by atoms with E-state index < -0.39 is 239 Å². The molecule has 0 atom stereocenters. The van der Waals surface area contributed by atoms with Crippen molar-refractivity contribution in [2.75, 3.05) is 9.80 Å². The van der Waals surface area contributed by atoms with Gasteiger partial charge in [-0.1, -0.05) is 412 Å². The van der Waals surface area contributed by atoms with E-state index in [0.717, 1.165) is 44.1 Å². The fourth-order valence-corrected chi connectivity index (χ4v) is 19.6. The minimum absolute atomic E-state index is 0.00722. The summed E-state index contributed by atoms with van der Waals surface area (Å²) in [5.74, 6) is -0.862. The van der Waals surface area contributed by atoms with E-state index in [-0.39, 0.29) is 146 Å². The van der Waals surface area contributed by atoms with E-state index in [9.17, 15) is 35.6 Å². The molecule has 18 rings (SSSR count). The van der Waals surface area contributed by atoms with Gasteiger partial charge in [-0.05, 0) is 273 Å². The lowest BCUT2D eigenvalue weighted by Gasteiger charge is -2.46. The van der Waals surface area contributed by atoms with Crippen LogP contribution in [0, 0.1) is 0 Å². The molecule has 2 aromatic heterocycles. The maximum Gasteiger partial charge on any atom is 0.252 e. The van der Waals surface area contributed by atoms with Crippen LogP contribution in [0.25, 0.3) is 111 Å². The lowest BCUT2D eigenvalue weighted by molar-refractivity contribution is 0.569. The van der Waals surface area contributed by atoms with Gasteiger partial charge in [-0.3, -0.25) is 0 Å². The third kappa shape index (κ3) is 16.7. The maximum atomic E-state index is 12.2. The molecular weight excluding hydrogens is 1640 g/mol. The van der Waals surface area contributed by atoms with Gasteiger partial charge in [0.2, 0.25) is 0 Å². The highest BCUT2D eigenvalue weighted by atomic mass is 15.2. The molecule has 0 aliphatic carbocycles. The highest BCUT2D eigenvalue weighted by Gasteiger charge is 2.48. The lowest BCUT2D eigenvalue weighted by Crippen LogP contribution is -2.61. The molecule has 4 heterocycles. The predicted octanol–water partition coefficient (Wildman–Crippen LogP) is 35.7. The summed E-state index contributed by atoms with van der Waals surface area (Å²) in [7, 11) is 0. The Labute approximate surface area is 853 Å². The second kappa shape index (κ2) is 32.5. The van der Waals surface area contributed by atoms with Crippen LogP contribution in [-0.2, 0) is 59.6 Å². The molecule has 2 aliphatic heterocycles. The number of hydrogen-bond acceptors (Lipinski definition) is 2. The van der Waals surface area contributed by atoms with E-state index in [1.165, 1.54) is 4.57 Å². The first-order chi connectivity index (χ1) is 74.1. The minimum atomic E-state index is -1.36. The van der Waals surface area contributed by atoms with Gasteiger partial charge in [-0.2, -0.15) is 0 Å². The Hall–Kier alpha value is -11.7. The molecule has 5 heteroatoms. The summed E-state index contributed by atoms with van der Waals surface area (Å²) >= 11 is 0. The third-order valence-corrected chi connectivity index (χ3v) is 27.3. The molecular formula is C131H149BN4. The van der Waals surface area contributed by atoms with Gasteiger partial charge in [-0.15, -0.1) is 0 Å². The van der Waals surface area contributed by atoms with Gasteiger partial charge in [-0.25, -0.2) is 0 Å². The molecule has 136 heavy (non-hydrogen) atoms. The molecule has 0 radical (unpaired) electrons. The van der Waals surface area contributed by atoms with Crippen LogP contribution in [0.15, 0.2) is 260 Å². The molecule has 4 nitrogen and oxygen atoms in total. The Morgan fingerprint density at radius 3 is 1.00 bits per heavy atom. The molecule has 0 amide bonds. The fourth-order valence-electron chi connectivity index (χ4n) is 19.6. The summed E-state index contributed by atoms with van der Waals surface area (Å²) in [6.07, 6.45) is 0. The molecule has 0 spiro atoms. The quantitative estimate of drug-likeness (QED) is 0.127. The van der Waals surface area contributed by atoms with Crippen LogP contribution < -0.4 is 26.2 Å². The maximum absolute atomic E-state index is 12.2. The van der Waals surface area contributed by atoms with Gasteiger partial charge < -0.3 is 18.9 Å². The molecule has 0 fully saturated rings. The van der Waals surface area contributed by atoms with Crippen molar-refractivity contribution in [2.24, 2.45) is 0 Å². The van der Waals surface area contributed by atoms with Crippen molar-refractivity contribution >= 4 is 101 Å². The van der Waals surface area contributed by atoms with Crippen LogP contribution in [0.1, 0.15) is 351 Å². The van der Waals surface area contributed by atoms with Crippen molar-refractivity contribution < 1.29 is 35.6 Å². The normalized spacial score (nSPS) is 16.5. The lowest BCUT2D eigenvalue weighted by atomic mass is 9.33. The Morgan fingerprint density at radius 2 is 0.603 bits per heavy atom. The van der Waals surface area contributed by atoms with E-state index in [2.05, 4.69) is 142 Å². The number of aromatic nitrogens is 2. The van der Waals surface area contributed by atoms with E-state index in [1.54, 1.807) is 67.5 Å². The topological polar surface area (TPSA) is 16.3 Å². The van der Waals surface area contributed by atoms with Crippen molar-refractivity contribution in [1.82, 2.24) is 9.13 Å². The van der Waals surface area contributed by atoms with Gasteiger partial charge in [0, 0.05) is 72.2 Å². The molecule has 0 bridgehead atoms. The zero-order valence-electron chi connectivity index (χ0n) is 113. The molecule has 696 valence electrons. The van der Waals surface area contributed by atoms with Crippen molar-refractivity contribution in [3.05, 3.63) is 327 Å². The number of fused-ring (bicyclic) bond motifs is 10. The Kier molecular flexibility index (Phi) is 16.1. The first-order valence-corrected chi connectivity index (χ1v) is 48.3. The van der Waals surface area contributed by atoms with Gasteiger partial charge in [0.25, 0.3) is 6.71 Å². The molecule has 0 N–H and O–H groups in total. The van der Waals surface area contributed by atoms with Gasteiger partial charge >= 0.3 is 0 Å². The summed E-state index contributed by atoms with van der Waals surface area (Å²) in [6.45, 7) is 66.4. The summed E-state index contributed by atoms with van der Waals surface area (Å²) < 4.78 is 285. The standard InChI is InChI=1S/C131H149BN4/c1-79(2)83-68-96(80-50-55-85(56-51-80)121(3,4)5)119(100(69-83)116-102(128(24,25)26)44-40-45-103(116)129(27,28)29)135-112-70-82(84-66-89(125(15,16)17)71-90(67-84)126(18,19)20)54-62-106(112)132-107-63-61-92(133-110-64-59-87(123(9,10)11)72-98(110)99-73-88(124(12,13)14)60-65-111(99)133)76-113(107)136(115-78-93(77-114(135)118(115)132)134-108-48-38-36-42-94(108)95-43-37-39-49-109(95)134)120-97(81-52-57-86(58-53-81)122(6,7)8)74-91(127(21,22)23)75-101(120)117-104(130(30,31)32)46-41-47-105(117)131(33,34)35/h36-79H,1-35H3/i36D,37D,38D,39D,40D,41D,42D,43D,44D,45D,46D,47D,48D,49D,50D,51D,52D,53D,55D,56D,57D,58D,68D,69D,74D,75D. The van der Waals surface area contributed by atoms with Crippen LogP contribution in [0.2, 0.25) is 0 Å². The van der Waals surface area contributed by atoms with E-state index in [0.29, 0.717) is 27.7 Å². The second-order valence-corrected chi connectivity index (χ2v) is 49.8. The largest absolute Gasteiger partial charge is 0.310 e. The molecule has 2 aliphatic rings. The van der Waals surface area contributed by atoms with Crippen molar-refractivity contribution in [3.63, 3.8) is 0 Å². The van der Waals surface area contributed by atoms with Gasteiger partial charge in [0.1, 0.15) is 0 Å². The number of rotatable bonds is 10. The number of hydrogen-bond donors (Lipinski definition) is 0.